The average Bonchev–Trinajstić information content (AvgIpc) is 2.15. The first-order chi connectivity index (χ1) is 7.36. The molecule has 1 rings (SSSR count). The Kier molecular flexibility index (Phi) is 13.8. The Hall–Kier alpha value is 0.850. The summed E-state index contributed by atoms with van der Waals surface area (Å²) in [4.78, 5) is 31.7. The first-order valence-corrected chi connectivity index (χ1v) is 4.27. The van der Waals surface area contributed by atoms with Gasteiger partial charge in [0.1, 0.15) is 0 Å². The normalized spacial score (nSPS) is 8.21. The Labute approximate surface area is 180 Å². The molecule has 0 aliphatic carbocycles. The van der Waals surface area contributed by atoms with Gasteiger partial charge in [-0.1, -0.05) is 12.1 Å². The van der Waals surface area contributed by atoms with E-state index in [4.69, 9.17) is 5.11 Å². The fourth-order valence-electron chi connectivity index (χ4n) is 1.18. The average molecular weight is 308 g/mol. The summed E-state index contributed by atoms with van der Waals surface area (Å²) in [6, 6.07) is 1.88. The van der Waals surface area contributed by atoms with E-state index in [9.17, 15) is 24.6 Å². The maximum absolute atomic E-state index is 10.8. The van der Waals surface area contributed by atoms with Gasteiger partial charge in [0.05, 0.1) is 17.5 Å². The topological polar surface area (TPSA) is 118 Å². The van der Waals surface area contributed by atoms with Gasteiger partial charge < -0.3 is 37.5 Å². The van der Waals surface area contributed by atoms with Gasteiger partial charge in [-0.3, -0.25) is 0 Å². The summed E-state index contributed by atoms with van der Waals surface area (Å²) in [6.07, 6.45) is 0. The van der Waals surface area contributed by atoms with E-state index >= 15 is 0 Å². The van der Waals surface area contributed by atoms with Crippen LogP contribution >= 0.6 is 0 Å². The Bertz CT molecular complexity index is 505. The molecular formula is C9H3Na3O6S. The summed E-state index contributed by atoms with van der Waals surface area (Å²) < 4.78 is 0. The molecule has 0 aromatic heterocycles. The third-order valence-corrected chi connectivity index (χ3v) is 2.15. The van der Waals surface area contributed by atoms with Crippen LogP contribution in [0.25, 0.3) is 0 Å². The van der Waals surface area contributed by atoms with Crippen LogP contribution in [0.15, 0.2) is 17.0 Å². The SMILES string of the molecule is O=C([O-])c1ccc([S-])c(C(=O)[O-])c1C(=O)O.[Na+].[Na+].[Na+]. The Morgan fingerprint density at radius 1 is 0.947 bits per heavy atom. The second-order valence-corrected chi connectivity index (χ2v) is 3.18. The second kappa shape index (κ2) is 10.6. The summed E-state index contributed by atoms with van der Waals surface area (Å²) in [6.45, 7) is 0. The molecule has 0 saturated heterocycles. The fourth-order valence-corrected chi connectivity index (χ4v) is 1.43. The minimum absolute atomic E-state index is 0. The number of carboxylic acid groups (broad SMARTS) is 3. The van der Waals surface area contributed by atoms with Crippen LogP contribution in [0, 0.1) is 0 Å². The molecule has 0 aliphatic heterocycles. The molecule has 0 radical (unpaired) electrons. The van der Waals surface area contributed by atoms with Crippen molar-refractivity contribution in [2.24, 2.45) is 0 Å². The number of benzene rings is 1. The van der Waals surface area contributed by atoms with Crippen molar-refractivity contribution in [2.45, 2.75) is 4.90 Å². The Balaban J connectivity index is -0.000000853. The minimum atomic E-state index is -1.84. The van der Waals surface area contributed by atoms with Gasteiger partial charge >= 0.3 is 94.6 Å². The quantitative estimate of drug-likeness (QED) is 0.435. The van der Waals surface area contributed by atoms with Gasteiger partial charge in [0.15, 0.2) is 0 Å². The molecule has 0 fully saturated rings. The molecule has 0 unspecified atom stereocenters. The summed E-state index contributed by atoms with van der Waals surface area (Å²) in [5.41, 5.74) is -2.50. The van der Waals surface area contributed by atoms with Crippen LogP contribution in [0.4, 0.5) is 0 Å². The largest absolute Gasteiger partial charge is 1.00 e. The van der Waals surface area contributed by atoms with Crippen LogP contribution in [-0.2, 0) is 12.6 Å². The number of hydrogen-bond donors (Lipinski definition) is 1. The molecule has 0 atom stereocenters. The Morgan fingerprint density at radius 3 is 1.74 bits per heavy atom. The number of aromatic carboxylic acids is 3. The predicted octanol–water partition coefficient (Wildman–Crippen LogP) is -11.0. The predicted molar refractivity (Wildman–Crippen MR) is 47.7 cm³/mol. The first-order valence-electron chi connectivity index (χ1n) is 3.86. The molecule has 0 amide bonds. The molecule has 10 heteroatoms. The molecule has 1 N–H and O–H groups in total. The van der Waals surface area contributed by atoms with E-state index in [0.29, 0.717) is 0 Å². The number of carbonyl (C=O) groups excluding carboxylic acids is 2. The fraction of sp³-hybridized carbons (Fsp3) is 0. The molecular weight excluding hydrogens is 305 g/mol. The van der Waals surface area contributed by atoms with E-state index in [-0.39, 0.29) is 93.6 Å². The monoisotopic (exact) mass is 308 g/mol. The maximum atomic E-state index is 10.8. The van der Waals surface area contributed by atoms with Gasteiger partial charge in [-0.15, -0.1) is 0 Å². The number of carboxylic acids is 3. The van der Waals surface area contributed by atoms with Crippen LogP contribution < -0.4 is 98.9 Å². The van der Waals surface area contributed by atoms with E-state index in [2.05, 4.69) is 12.6 Å². The van der Waals surface area contributed by atoms with Gasteiger partial charge in [-0.25, -0.2) is 4.79 Å². The van der Waals surface area contributed by atoms with Crippen molar-refractivity contribution in [3.63, 3.8) is 0 Å². The molecule has 0 heterocycles. The van der Waals surface area contributed by atoms with Crippen molar-refractivity contribution in [2.75, 3.05) is 0 Å². The van der Waals surface area contributed by atoms with E-state index in [1.165, 1.54) is 0 Å². The molecule has 0 bridgehead atoms. The number of rotatable bonds is 3. The zero-order chi connectivity index (χ0) is 12.5. The standard InChI is InChI=1S/C9H6O6S.3Na/c10-7(11)3-1-2-4(16)6(9(14)15)5(3)8(12)13;;;/h1-2,16H,(H,10,11)(H,12,13)(H,14,15);;;/q;3*+1/p-3. The molecule has 1 aromatic carbocycles. The van der Waals surface area contributed by atoms with E-state index in [1.807, 2.05) is 0 Å². The van der Waals surface area contributed by atoms with Gasteiger partial charge in [0.2, 0.25) is 0 Å². The van der Waals surface area contributed by atoms with E-state index in [1.54, 1.807) is 0 Å². The smallest absolute Gasteiger partial charge is 0.779 e. The van der Waals surface area contributed by atoms with Crippen molar-refractivity contribution in [1.82, 2.24) is 0 Å². The van der Waals surface area contributed by atoms with E-state index < -0.39 is 34.6 Å². The summed E-state index contributed by atoms with van der Waals surface area (Å²) in [7, 11) is 0. The molecule has 19 heavy (non-hydrogen) atoms. The van der Waals surface area contributed by atoms with Crippen molar-refractivity contribution in [1.29, 1.82) is 0 Å². The second-order valence-electron chi connectivity index (χ2n) is 2.74. The van der Waals surface area contributed by atoms with E-state index in [0.717, 1.165) is 12.1 Å². The first kappa shape index (κ1) is 24.8. The van der Waals surface area contributed by atoms with Crippen molar-refractivity contribution < 1.29 is 118 Å². The number of carbonyl (C=O) groups is 3. The van der Waals surface area contributed by atoms with Crippen LogP contribution in [0.5, 0.6) is 0 Å². The summed E-state index contributed by atoms with van der Waals surface area (Å²) in [5, 5.41) is 30.0. The van der Waals surface area contributed by atoms with Crippen LogP contribution in [0.2, 0.25) is 0 Å². The van der Waals surface area contributed by atoms with Gasteiger partial charge in [0, 0.05) is 5.56 Å². The molecule has 84 valence electrons. The molecule has 0 spiro atoms. The van der Waals surface area contributed by atoms with Crippen molar-refractivity contribution in [3.05, 3.63) is 28.8 Å². The Morgan fingerprint density at radius 2 is 1.42 bits per heavy atom. The molecule has 0 aliphatic rings. The zero-order valence-electron chi connectivity index (χ0n) is 10.6. The third-order valence-electron chi connectivity index (χ3n) is 1.81. The summed E-state index contributed by atoms with van der Waals surface area (Å²) >= 11 is 4.58. The minimum Gasteiger partial charge on any atom is -0.779 e. The molecule has 0 saturated carbocycles. The van der Waals surface area contributed by atoms with Gasteiger partial charge in [-0.2, -0.15) is 4.90 Å². The van der Waals surface area contributed by atoms with Gasteiger partial charge in [-0.05, 0) is 5.56 Å². The number of hydrogen-bond acceptors (Lipinski definition) is 6. The zero-order valence-corrected chi connectivity index (χ0v) is 17.4. The molecule has 1 aromatic rings. The van der Waals surface area contributed by atoms with Crippen LogP contribution in [0.3, 0.4) is 0 Å². The summed E-state index contributed by atoms with van der Waals surface area (Å²) in [5.74, 6) is -5.36. The van der Waals surface area contributed by atoms with Gasteiger partial charge in [0.25, 0.3) is 0 Å². The van der Waals surface area contributed by atoms with Crippen molar-refractivity contribution in [3.8, 4) is 0 Å². The third kappa shape index (κ3) is 6.01. The van der Waals surface area contributed by atoms with Crippen molar-refractivity contribution >= 4 is 30.5 Å². The van der Waals surface area contributed by atoms with Crippen LogP contribution in [0.1, 0.15) is 31.1 Å². The maximum Gasteiger partial charge on any atom is 1.00 e. The van der Waals surface area contributed by atoms with Crippen LogP contribution in [-0.4, -0.2) is 23.0 Å². The molecule has 6 nitrogen and oxygen atoms in total.